The van der Waals surface area contributed by atoms with Crippen molar-refractivity contribution in [1.82, 2.24) is 0 Å². The highest BCUT2D eigenvalue weighted by molar-refractivity contribution is 5.82. The van der Waals surface area contributed by atoms with Gasteiger partial charge in [0.1, 0.15) is 17.5 Å². The van der Waals surface area contributed by atoms with Gasteiger partial charge in [0.15, 0.2) is 0 Å². The summed E-state index contributed by atoms with van der Waals surface area (Å²) >= 11 is 0. The number of carbonyl (C=O) groups excluding carboxylic acids is 1. The fourth-order valence-corrected chi connectivity index (χ4v) is 3.70. The van der Waals surface area contributed by atoms with Crippen LogP contribution in [0.3, 0.4) is 0 Å². The average Bonchev–Trinajstić information content (AvgIpc) is 2.54. The molecule has 2 bridgehead atoms. The van der Waals surface area contributed by atoms with Gasteiger partial charge in [0.05, 0.1) is 0 Å². The van der Waals surface area contributed by atoms with Crippen LogP contribution in [0.25, 0.3) is 0 Å². The van der Waals surface area contributed by atoms with Gasteiger partial charge in [-0.3, -0.25) is 4.79 Å². The zero-order valence-corrected chi connectivity index (χ0v) is 15.2. The highest BCUT2D eigenvalue weighted by Gasteiger charge is 2.48. The van der Waals surface area contributed by atoms with E-state index in [1.807, 2.05) is 6.92 Å². The van der Waals surface area contributed by atoms with Gasteiger partial charge in [-0.15, -0.1) is 0 Å². The van der Waals surface area contributed by atoms with Crippen molar-refractivity contribution in [3.63, 3.8) is 0 Å². The van der Waals surface area contributed by atoms with Gasteiger partial charge in [0.2, 0.25) is 0 Å². The molecule has 0 radical (unpaired) electrons. The van der Waals surface area contributed by atoms with Crippen LogP contribution >= 0.6 is 0 Å². The minimum atomic E-state index is -0.437. The second kappa shape index (κ2) is 8.98. The van der Waals surface area contributed by atoms with Crippen molar-refractivity contribution in [2.24, 2.45) is 11.8 Å². The van der Waals surface area contributed by atoms with Crippen molar-refractivity contribution in [2.45, 2.75) is 96.7 Å². The van der Waals surface area contributed by atoms with Gasteiger partial charge in [-0.2, -0.15) is 0 Å². The van der Waals surface area contributed by atoms with E-state index in [0.717, 1.165) is 12.8 Å². The Kier molecular flexibility index (Phi) is 7.29. The first-order valence-corrected chi connectivity index (χ1v) is 9.61. The minimum absolute atomic E-state index is 0.0208. The molecule has 0 aromatic rings. The molecule has 0 spiro atoms. The Bertz CT molecular complexity index is 404. The van der Waals surface area contributed by atoms with E-state index in [2.05, 4.69) is 26.0 Å². The third kappa shape index (κ3) is 5.15. The van der Waals surface area contributed by atoms with Crippen molar-refractivity contribution in [3.05, 3.63) is 12.2 Å². The summed E-state index contributed by atoms with van der Waals surface area (Å²) in [6.45, 7) is 6.26. The Labute approximate surface area is 141 Å². The molecule has 2 rings (SSSR count). The molecule has 2 fully saturated rings. The van der Waals surface area contributed by atoms with Gasteiger partial charge in [0, 0.05) is 18.3 Å². The topological polar surface area (TPSA) is 35.5 Å². The molecule has 2 aliphatic rings. The van der Waals surface area contributed by atoms with E-state index in [1.165, 1.54) is 44.9 Å². The summed E-state index contributed by atoms with van der Waals surface area (Å²) in [5.74, 6) is 0.559. The van der Waals surface area contributed by atoms with Crippen LogP contribution in [0.1, 0.15) is 85.0 Å². The van der Waals surface area contributed by atoms with Crippen LogP contribution in [0.5, 0.6) is 0 Å². The third-order valence-corrected chi connectivity index (χ3v) is 5.61. The van der Waals surface area contributed by atoms with Crippen LogP contribution in [0.4, 0.5) is 0 Å². The van der Waals surface area contributed by atoms with E-state index >= 15 is 0 Å². The minimum Gasteiger partial charge on any atom is -0.299 e. The predicted molar refractivity (Wildman–Crippen MR) is 93.0 cm³/mol. The van der Waals surface area contributed by atoms with Crippen LogP contribution in [-0.2, 0) is 14.6 Å². The van der Waals surface area contributed by atoms with Gasteiger partial charge in [0.25, 0.3) is 0 Å². The van der Waals surface area contributed by atoms with Crippen LogP contribution < -0.4 is 0 Å². The molecule has 0 N–H and O–H groups in total. The van der Waals surface area contributed by atoms with Crippen LogP contribution in [0.15, 0.2) is 12.2 Å². The third-order valence-electron chi connectivity index (χ3n) is 5.61. The van der Waals surface area contributed by atoms with Crippen LogP contribution in [0.2, 0.25) is 0 Å². The zero-order valence-electron chi connectivity index (χ0n) is 15.2. The maximum Gasteiger partial charge on any atom is 0.138 e. The van der Waals surface area contributed by atoms with E-state index in [0.29, 0.717) is 12.2 Å². The second-order valence-corrected chi connectivity index (χ2v) is 7.61. The Hall–Kier alpha value is -0.670. The maximum atomic E-state index is 12.1. The SMILES string of the molecule is CCCCCCCCCC=C[C@@]1(C)OO[C@@H]2C[C@H]1CC(=O)[C@@H]2C. The molecule has 0 aromatic carbocycles. The lowest BCUT2D eigenvalue weighted by Crippen LogP contribution is -2.52. The quantitative estimate of drug-likeness (QED) is 0.324. The van der Waals surface area contributed by atoms with E-state index in [4.69, 9.17) is 9.78 Å². The second-order valence-electron chi connectivity index (χ2n) is 7.61. The molecule has 1 saturated carbocycles. The molecule has 4 atom stereocenters. The van der Waals surface area contributed by atoms with Crippen molar-refractivity contribution < 1.29 is 14.6 Å². The van der Waals surface area contributed by atoms with Gasteiger partial charge in [-0.1, -0.05) is 64.5 Å². The number of allylic oxidation sites excluding steroid dienone is 1. The molecule has 132 valence electrons. The summed E-state index contributed by atoms with van der Waals surface area (Å²) in [6, 6.07) is 0. The molecular formula is C20H34O3. The fraction of sp³-hybridized carbons (Fsp3) is 0.850. The number of hydrogen-bond acceptors (Lipinski definition) is 3. The highest BCUT2D eigenvalue weighted by Crippen LogP contribution is 2.42. The Morgan fingerprint density at radius 2 is 1.87 bits per heavy atom. The zero-order chi connectivity index (χ0) is 16.7. The Balaban J connectivity index is 1.69. The highest BCUT2D eigenvalue weighted by atomic mass is 17.2. The average molecular weight is 322 g/mol. The number of hydrogen-bond donors (Lipinski definition) is 0. The van der Waals surface area contributed by atoms with Gasteiger partial charge >= 0.3 is 0 Å². The predicted octanol–water partition coefficient (Wildman–Crippen LogP) is 5.39. The number of carbonyl (C=O) groups is 1. The molecular weight excluding hydrogens is 288 g/mol. The lowest BCUT2D eigenvalue weighted by molar-refractivity contribution is -0.415. The number of ketones is 1. The van der Waals surface area contributed by atoms with Crippen LogP contribution in [0, 0.1) is 11.8 Å². The molecule has 1 aliphatic carbocycles. The Morgan fingerprint density at radius 1 is 1.17 bits per heavy atom. The molecule has 0 aromatic heterocycles. The maximum absolute atomic E-state index is 12.1. The monoisotopic (exact) mass is 322 g/mol. The largest absolute Gasteiger partial charge is 0.299 e. The smallest absolute Gasteiger partial charge is 0.138 e. The van der Waals surface area contributed by atoms with Gasteiger partial charge in [-0.25, -0.2) is 9.78 Å². The van der Waals surface area contributed by atoms with E-state index in [1.54, 1.807) is 0 Å². The standard InChI is InChI=1S/C20H34O3/c1-4-5-6-7-8-9-10-11-12-13-20(3)17-14-18(21)16(2)19(15-17)22-23-20/h12-13,16-17,19H,4-11,14-15H2,1-3H3/t16-,17+,19+,20+/m0/s1. The molecule has 1 aliphatic heterocycles. The van der Waals surface area contributed by atoms with E-state index < -0.39 is 5.60 Å². The molecule has 1 heterocycles. The first-order valence-electron chi connectivity index (χ1n) is 9.61. The van der Waals surface area contributed by atoms with Gasteiger partial charge < -0.3 is 0 Å². The molecule has 3 nitrogen and oxygen atoms in total. The molecule has 3 heteroatoms. The van der Waals surface area contributed by atoms with Crippen molar-refractivity contribution >= 4 is 5.78 Å². The summed E-state index contributed by atoms with van der Waals surface area (Å²) in [5.41, 5.74) is -0.437. The van der Waals surface area contributed by atoms with Crippen molar-refractivity contribution in [1.29, 1.82) is 0 Å². The molecule has 23 heavy (non-hydrogen) atoms. The van der Waals surface area contributed by atoms with Crippen molar-refractivity contribution in [2.75, 3.05) is 0 Å². The lowest BCUT2D eigenvalue weighted by atomic mass is 9.71. The Morgan fingerprint density at radius 3 is 2.61 bits per heavy atom. The summed E-state index contributed by atoms with van der Waals surface area (Å²) in [6.07, 6.45) is 16.3. The number of fused-ring (bicyclic) bond motifs is 2. The van der Waals surface area contributed by atoms with Gasteiger partial charge in [-0.05, 0) is 26.2 Å². The molecule has 1 saturated heterocycles. The normalized spacial score (nSPS) is 34.2. The first-order chi connectivity index (χ1) is 11.1. The first kappa shape index (κ1) is 18.7. The van der Waals surface area contributed by atoms with E-state index in [-0.39, 0.29) is 17.9 Å². The van der Waals surface area contributed by atoms with E-state index in [9.17, 15) is 4.79 Å². The summed E-state index contributed by atoms with van der Waals surface area (Å²) in [5, 5.41) is 0. The fourth-order valence-electron chi connectivity index (χ4n) is 3.70. The summed E-state index contributed by atoms with van der Waals surface area (Å²) in [7, 11) is 0. The number of rotatable bonds is 9. The van der Waals surface area contributed by atoms with Crippen LogP contribution in [-0.4, -0.2) is 17.5 Å². The summed E-state index contributed by atoms with van der Waals surface area (Å²) in [4.78, 5) is 23.3. The van der Waals surface area contributed by atoms with Crippen molar-refractivity contribution in [3.8, 4) is 0 Å². The number of unbranched alkanes of at least 4 members (excludes halogenated alkanes) is 7. The molecule has 0 unspecified atom stereocenters. The lowest BCUT2D eigenvalue weighted by Gasteiger charge is -2.45. The summed E-state index contributed by atoms with van der Waals surface area (Å²) < 4.78 is 0. The molecule has 0 amide bonds. The number of Topliss-reactive ketones (excluding diaryl/α,β-unsaturated/α-hetero) is 1.